The highest BCUT2D eigenvalue weighted by Gasteiger charge is 2.64. The molecule has 4 rings (SSSR count). The number of allylic oxidation sites excluding steroid dienone is 2. The Hall–Kier alpha value is -1.12. The van der Waals surface area contributed by atoms with E-state index in [1.165, 1.54) is 36.8 Å². The maximum absolute atomic E-state index is 10.8. The van der Waals surface area contributed by atoms with Crippen LogP contribution in [0.4, 0.5) is 0 Å². The van der Waals surface area contributed by atoms with Crippen molar-refractivity contribution in [2.75, 3.05) is 0 Å². The fourth-order valence-electron chi connectivity index (χ4n) is 5.55. The Bertz CT molecular complexity index is 589. The molecule has 0 radical (unpaired) electrons. The number of rotatable bonds is 3. The molecule has 1 aromatic rings. The van der Waals surface area contributed by atoms with Gasteiger partial charge < -0.3 is 9.84 Å². The van der Waals surface area contributed by atoms with Gasteiger partial charge in [0.25, 0.3) is 0 Å². The van der Waals surface area contributed by atoms with E-state index in [-0.39, 0.29) is 11.0 Å². The Morgan fingerprint density at radius 1 is 1.17 bits per heavy atom. The van der Waals surface area contributed by atoms with Gasteiger partial charge in [-0.1, -0.05) is 49.2 Å². The monoisotopic (exact) mass is 312 g/mol. The van der Waals surface area contributed by atoms with Gasteiger partial charge in [-0.15, -0.1) is 0 Å². The van der Waals surface area contributed by atoms with Crippen LogP contribution in [0.15, 0.2) is 36.4 Å². The van der Waals surface area contributed by atoms with E-state index in [1.54, 1.807) is 0 Å². The smallest absolute Gasteiger partial charge is 0.161 e. The van der Waals surface area contributed by atoms with Crippen LogP contribution in [0.5, 0.6) is 0 Å². The minimum Gasteiger partial charge on any atom is -0.367 e. The average Bonchev–Trinajstić information content (AvgIpc) is 2.74. The second kappa shape index (κ2) is 5.75. The first-order valence-corrected chi connectivity index (χ1v) is 9.24. The van der Waals surface area contributed by atoms with E-state index in [0.29, 0.717) is 5.92 Å². The lowest BCUT2D eigenvalue weighted by Gasteiger charge is -2.48. The highest BCUT2D eigenvalue weighted by molar-refractivity contribution is 5.63. The van der Waals surface area contributed by atoms with E-state index < -0.39 is 6.29 Å². The molecule has 1 saturated heterocycles. The molecule has 2 saturated carbocycles. The molecule has 1 unspecified atom stereocenters. The second-order valence-electron chi connectivity index (χ2n) is 7.88. The van der Waals surface area contributed by atoms with E-state index in [4.69, 9.17) is 4.74 Å². The van der Waals surface area contributed by atoms with Crippen molar-refractivity contribution in [3.63, 3.8) is 0 Å². The standard InChI is InChI=1S/C21H28O2/c1-16(17-8-3-2-4-9-17)11-15-20-12-7-14-21(23-19(20)22)13-6-5-10-18(20)21/h2-4,8-9,11,18-19,22H,5-7,10,12-15H2,1H3/b16-11-/t18-,19?,20+,21+/m1/s1. The summed E-state index contributed by atoms with van der Waals surface area (Å²) in [5, 5.41) is 10.8. The molecule has 23 heavy (non-hydrogen) atoms. The number of ether oxygens (including phenoxy) is 1. The number of hydrogen-bond donors (Lipinski definition) is 1. The quantitative estimate of drug-likeness (QED) is 0.857. The van der Waals surface area contributed by atoms with Crippen molar-refractivity contribution in [3.8, 4) is 0 Å². The van der Waals surface area contributed by atoms with Crippen LogP contribution in [0.25, 0.3) is 5.57 Å². The van der Waals surface area contributed by atoms with Gasteiger partial charge >= 0.3 is 0 Å². The summed E-state index contributed by atoms with van der Waals surface area (Å²) in [5.41, 5.74) is 2.54. The van der Waals surface area contributed by atoms with Gasteiger partial charge in [-0.3, -0.25) is 0 Å². The fraction of sp³-hybridized carbons (Fsp3) is 0.619. The van der Waals surface area contributed by atoms with Crippen LogP contribution in [-0.4, -0.2) is 17.0 Å². The van der Waals surface area contributed by atoms with Crippen molar-refractivity contribution in [2.45, 2.75) is 70.2 Å². The zero-order valence-electron chi connectivity index (χ0n) is 14.1. The molecule has 1 heterocycles. The predicted molar refractivity (Wildman–Crippen MR) is 92.8 cm³/mol. The molecule has 4 atom stereocenters. The maximum atomic E-state index is 10.8. The molecule has 1 aromatic carbocycles. The first-order chi connectivity index (χ1) is 11.2. The van der Waals surface area contributed by atoms with Gasteiger partial charge in [-0.25, -0.2) is 0 Å². The third kappa shape index (κ3) is 2.38. The molecular weight excluding hydrogens is 284 g/mol. The molecule has 2 aliphatic carbocycles. The normalized spacial score (nSPS) is 40.0. The largest absolute Gasteiger partial charge is 0.367 e. The molecule has 3 aliphatic rings. The van der Waals surface area contributed by atoms with Crippen LogP contribution >= 0.6 is 0 Å². The van der Waals surface area contributed by atoms with Crippen molar-refractivity contribution in [3.05, 3.63) is 42.0 Å². The average molecular weight is 312 g/mol. The maximum Gasteiger partial charge on any atom is 0.161 e. The van der Waals surface area contributed by atoms with E-state index in [2.05, 4.69) is 43.3 Å². The summed E-state index contributed by atoms with van der Waals surface area (Å²) in [5.74, 6) is 0.548. The molecule has 124 valence electrons. The number of hydrogen-bond acceptors (Lipinski definition) is 2. The summed E-state index contributed by atoms with van der Waals surface area (Å²) in [7, 11) is 0. The van der Waals surface area contributed by atoms with Crippen molar-refractivity contribution in [1.82, 2.24) is 0 Å². The Balaban J connectivity index is 1.62. The third-order valence-electron chi connectivity index (χ3n) is 6.77. The molecule has 1 aliphatic heterocycles. The van der Waals surface area contributed by atoms with Gasteiger partial charge in [0.2, 0.25) is 0 Å². The Labute approximate surface area is 139 Å². The predicted octanol–water partition coefficient (Wildman–Crippen LogP) is 4.93. The summed E-state index contributed by atoms with van der Waals surface area (Å²) in [6, 6.07) is 10.6. The lowest BCUT2D eigenvalue weighted by molar-refractivity contribution is -0.162. The Kier molecular flexibility index (Phi) is 3.85. The summed E-state index contributed by atoms with van der Waals surface area (Å²) < 4.78 is 6.24. The molecule has 0 aromatic heterocycles. The summed E-state index contributed by atoms with van der Waals surface area (Å²) in [4.78, 5) is 0. The highest BCUT2D eigenvalue weighted by atomic mass is 16.6. The summed E-state index contributed by atoms with van der Waals surface area (Å²) in [6.45, 7) is 2.19. The van der Waals surface area contributed by atoms with Gasteiger partial charge in [0.05, 0.1) is 5.60 Å². The molecular formula is C21H28O2. The minimum absolute atomic E-state index is 0.00952. The van der Waals surface area contributed by atoms with Crippen LogP contribution < -0.4 is 0 Å². The number of benzene rings is 1. The third-order valence-corrected chi connectivity index (χ3v) is 6.77. The molecule has 0 amide bonds. The first kappa shape index (κ1) is 15.4. The minimum atomic E-state index is -0.576. The lowest BCUT2D eigenvalue weighted by Crippen LogP contribution is -2.47. The van der Waals surface area contributed by atoms with Crippen LogP contribution in [0.2, 0.25) is 0 Å². The van der Waals surface area contributed by atoms with E-state index >= 15 is 0 Å². The van der Waals surface area contributed by atoms with Crippen molar-refractivity contribution in [2.24, 2.45) is 11.3 Å². The van der Waals surface area contributed by atoms with Gasteiger partial charge in [-0.05, 0) is 62.5 Å². The van der Waals surface area contributed by atoms with Crippen molar-refractivity contribution in [1.29, 1.82) is 0 Å². The van der Waals surface area contributed by atoms with Crippen molar-refractivity contribution < 1.29 is 9.84 Å². The van der Waals surface area contributed by atoms with Crippen LogP contribution in [0, 0.1) is 11.3 Å². The van der Waals surface area contributed by atoms with Gasteiger partial charge in [0, 0.05) is 5.41 Å². The molecule has 2 nitrogen and oxygen atoms in total. The number of aliphatic hydroxyl groups is 1. The SMILES string of the molecule is C/C(=C/C[C@@]12CCC[C@]3(CCCC[C@@H]31)OC2O)c1ccccc1. The highest BCUT2D eigenvalue weighted by Crippen LogP contribution is 2.63. The fourth-order valence-corrected chi connectivity index (χ4v) is 5.55. The van der Waals surface area contributed by atoms with Crippen LogP contribution in [0.3, 0.4) is 0 Å². The van der Waals surface area contributed by atoms with Crippen LogP contribution in [0.1, 0.15) is 63.9 Å². The van der Waals surface area contributed by atoms with E-state index in [0.717, 1.165) is 25.7 Å². The first-order valence-electron chi connectivity index (χ1n) is 9.24. The summed E-state index contributed by atoms with van der Waals surface area (Å²) in [6.07, 6.45) is 11.1. The Morgan fingerprint density at radius 3 is 2.78 bits per heavy atom. The molecule has 3 fully saturated rings. The van der Waals surface area contributed by atoms with Gasteiger partial charge in [0.1, 0.15) is 0 Å². The summed E-state index contributed by atoms with van der Waals surface area (Å²) >= 11 is 0. The van der Waals surface area contributed by atoms with Crippen molar-refractivity contribution >= 4 is 5.57 Å². The zero-order chi connectivity index (χ0) is 15.9. The van der Waals surface area contributed by atoms with E-state index in [1.807, 2.05) is 0 Å². The number of aliphatic hydroxyl groups excluding tert-OH is 1. The van der Waals surface area contributed by atoms with Crippen LogP contribution in [-0.2, 0) is 4.74 Å². The molecule has 2 heteroatoms. The zero-order valence-corrected chi connectivity index (χ0v) is 14.1. The lowest BCUT2D eigenvalue weighted by atomic mass is 9.56. The molecule has 0 spiro atoms. The Morgan fingerprint density at radius 2 is 1.96 bits per heavy atom. The second-order valence-corrected chi connectivity index (χ2v) is 7.88. The van der Waals surface area contributed by atoms with Gasteiger partial charge in [0.15, 0.2) is 6.29 Å². The topological polar surface area (TPSA) is 29.5 Å². The molecule has 1 N–H and O–H groups in total. The van der Waals surface area contributed by atoms with Gasteiger partial charge in [-0.2, -0.15) is 0 Å². The van der Waals surface area contributed by atoms with E-state index in [9.17, 15) is 5.11 Å². The molecule has 2 bridgehead atoms.